The lowest BCUT2D eigenvalue weighted by molar-refractivity contribution is 0.996. The molecule has 0 fully saturated rings. The monoisotopic (exact) mass is 278 g/mol. The molecule has 4 aromatic rings. The number of nitrogen functional groups attached to an aromatic ring is 1. The van der Waals surface area contributed by atoms with Gasteiger partial charge in [-0.15, -0.1) is 0 Å². The predicted octanol–water partition coefficient (Wildman–Crippen LogP) is 2.27. The second kappa shape index (κ2) is 4.05. The second-order valence-electron chi connectivity index (χ2n) is 5.19. The zero-order valence-electron chi connectivity index (χ0n) is 11.8. The maximum absolute atomic E-state index is 5.89. The number of anilines is 1. The van der Waals surface area contributed by atoms with E-state index in [4.69, 9.17) is 5.73 Å². The van der Waals surface area contributed by atoms with Gasteiger partial charge >= 0.3 is 0 Å². The maximum atomic E-state index is 5.89. The number of fused-ring (bicyclic) bond motifs is 2. The van der Waals surface area contributed by atoms with E-state index in [9.17, 15) is 0 Å². The summed E-state index contributed by atoms with van der Waals surface area (Å²) in [6, 6.07) is 4.19. The first-order valence-corrected chi connectivity index (χ1v) is 6.67. The van der Waals surface area contributed by atoms with Crippen LogP contribution in [-0.4, -0.2) is 23.9 Å². The van der Waals surface area contributed by atoms with Crippen LogP contribution in [0.2, 0.25) is 0 Å². The molecule has 6 heteroatoms. The van der Waals surface area contributed by atoms with Crippen molar-refractivity contribution in [3.05, 3.63) is 48.2 Å². The van der Waals surface area contributed by atoms with Crippen LogP contribution in [0.15, 0.2) is 37.1 Å². The van der Waals surface area contributed by atoms with Crippen LogP contribution in [0.25, 0.3) is 22.5 Å². The van der Waals surface area contributed by atoms with E-state index in [2.05, 4.69) is 40.9 Å². The molecule has 0 aliphatic rings. The van der Waals surface area contributed by atoms with Crippen LogP contribution in [0.5, 0.6) is 0 Å². The van der Waals surface area contributed by atoms with Crippen LogP contribution in [0, 0.1) is 13.8 Å². The average Bonchev–Trinajstić information content (AvgIpc) is 3.05. The molecule has 0 saturated heterocycles. The Morgan fingerprint density at radius 2 is 1.90 bits per heavy atom. The molecule has 21 heavy (non-hydrogen) atoms. The Morgan fingerprint density at radius 1 is 1.10 bits per heavy atom. The Morgan fingerprint density at radius 3 is 2.76 bits per heavy atom. The minimum absolute atomic E-state index is 0.446. The van der Waals surface area contributed by atoms with E-state index in [1.807, 2.05) is 15.2 Å². The molecule has 3 heterocycles. The SMILES string of the molecule is Cc1cc2ncn(-c3nc(N)cn4ccnc34)c2cc1C. The molecule has 0 saturated carbocycles. The van der Waals surface area contributed by atoms with Crippen LogP contribution in [0.4, 0.5) is 5.82 Å². The van der Waals surface area contributed by atoms with Gasteiger partial charge in [0, 0.05) is 12.4 Å². The molecule has 3 aromatic heterocycles. The highest BCUT2D eigenvalue weighted by molar-refractivity contribution is 5.80. The van der Waals surface area contributed by atoms with Gasteiger partial charge in [-0.25, -0.2) is 15.0 Å². The first-order chi connectivity index (χ1) is 10.1. The van der Waals surface area contributed by atoms with Crippen molar-refractivity contribution >= 4 is 22.5 Å². The minimum atomic E-state index is 0.446. The summed E-state index contributed by atoms with van der Waals surface area (Å²) in [4.78, 5) is 13.3. The van der Waals surface area contributed by atoms with Gasteiger partial charge in [0.05, 0.1) is 17.2 Å². The largest absolute Gasteiger partial charge is 0.382 e. The second-order valence-corrected chi connectivity index (χ2v) is 5.19. The summed E-state index contributed by atoms with van der Waals surface area (Å²) in [5.41, 5.74) is 11.0. The predicted molar refractivity (Wildman–Crippen MR) is 81.5 cm³/mol. The van der Waals surface area contributed by atoms with Crippen molar-refractivity contribution in [2.75, 3.05) is 5.73 Å². The molecular formula is C15H14N6. The van der Waals surface area contributed by atoms with Crippen molar-refractivity contribution in [2.24, 2.45) is 0 Å². The topological polar surface area (TPSA) is 74.0 Å². The van der Waals surface area contributed by atoms with Crippen LogP contribution >= 0.6 is 0 Å². The van der Waals surface area contributed by atoms with Gasteiger partial charge in [0.25, 0.3) is 0 Å². The number of nitrogens with two attached hydrogens (primary N) is 1. The van der Waals surface area contributed by atoms with Gasteiger partial charge in [0.15, 0.2) is 11.5 Å². The standard InChI is InChI=1S/C15H14N6/c1-9-5-11-12(6-10(9)2)21(8-18-11)15-14-17-3-4-20(14)7-13(16)19-15/h3-8H,16H2,1-2H3. The van der Waals surface area contributed by atoms with E-state index in [1.54, 1.807) is 18.7 Å². The van der Waals surface area contributed by atoms with Gasteiger partial charge in [0.1, 0.15) is 12.1 Å². The van der Waals surface area contributed by atoms with Crippen LogP contribution in [0.3, 0.4) is 0 Å². The molecule has 0 spiro atoms. The zero-order valence-corrected chi connectivity index (χ0v) is 11.8. The lowest BCUT2D eigenvalue weighted by Crippen LogP contribution is -2.04. The Labute approximate surface area is 120 Å². The number of aromatic nitrogens is 5. The molecule has 0 bridgehead atoms. The fourth-order valence-electron chi connectivity index (χ4n) is 2.53. The van der Waals surface area contributed by atoms with Gasteiger partial charge < -0.3 is 10.1 Å². The Kier molecular flexibility index (Phi) is 2.29. The van der Waals surface area contributed by atoms with Crippen LogP contribution < -0.4 is 5.73 Å². The molecule has 0 radical (unpaired) electrons. The number of hydrogen-bond acceptors (Lipinski definition) is 4. The van der Waals surface area contributed by atoms with Gasteiger partial charge in [-0.2, -0.15) is 0 Å². The molecular weight excluding hydrogens is 264 g/mol. The number of imidazole rings is 2. The molecule has 0 atom stereocenters. The third kappa shape index (κ3) is 1.69. The molecule has 0 unspecified atom stereocenters. The van der Waals surface area contributed by atoms with Gasteiger partial charge in [-0.1, -0.05) is 0 Å². The fraction of sp³-hybridized carbons (Fsp3) is 0.133. The minimum Gasteiger partial charge on any atom is -0.382 e. The van der Waals surface area contributed by atoms with E-state index < -0.39 is 0 Å². The molecule has 0 amide bonds. The Bertz CT molecular complexity index is 979. The van der Waals surface area contributed by atoms with Crippen molar-refractivity contribution in [1.29, 1.82) is 0 Å². The summed E-state index contributed by atoms with van der Waals surface area (Å²) in [7, 11) is 0. The molecule has 104 valence electrons. The van der Waals surface area contributed by atoms with E-state index in [1.165, 1.54) is 11.1 Å². The Balaban J connectivity index is 2.09. The van der Waals surface area contributed by atoms with Crippen molar-refractivity contribution in [2.45, 2.75) is 13.8 Å². The van der Waals surface area contributed by atoms with E-state index in [0.717, 1.165) is 16.7 Å². The van der Waals surface area contributed by atoms with Crippen molar-refractivity contribution in [3.63, 3.8) is 0 Å². The number of rotatable bonds is 1. The quantitative estimate of drug-likeness (QED) is 0.579. The summed E-state index contributed by atoms with van der Waals surface area (Å²) in [5.74, 6) is 1.13. The van der Waals surface area contributed by atoms with Gasteiger partial charge in [-0.3, -0.25) is 4.57 Å². The lowest BCUT2D eigenvalue weighted by atomic mass is 10.1. The zero-order chi connectivity index (χ0) is 14.6. The summed E-state index contributed by atoms with van der Waals surface area (Å²) in [5, 5.41) is 0. The first kappa shape index (κ1) is 11.9. The fourth-order valence-corrected chi connectivity index (χ4v) is 2.53. The Hall–Kier alpha value is -2.89. The molecule has 4 rings (SSSR count). The number of hydrogen-bond donors (Lipinski definition) is 1. The normalized spacial score (nSPS) is 11.5. The van der Waals surface area contributed by atoms with Crippen molar-refractivity contribution in [1.82, 2.24) is 23.9 Å². The van der Waals surface area contributed by atoms with E-state index in [0.29, 0.717) is 11.6 Å². The van der Waals surface area contributed by atoms with Crippen LogP contribution in [-0.2, 0) is 0 Å². The smallest absolute Gasteiger partial charge is 0.184 e. The van der Waals surface area contributed by atoms with Gasteiger partial charge in [-0.05, 0) is 37.1 Å². The summed E-state index contributed by atoms with van der Waals surface area (Å²) in [6.07, 6.45) is 7.10. The molecule has 0 aliphatic carbocycles. The highest BCUT2D eigenvalue weighted by Crippen LogP contribution is 2.23. The van der Waals surface area contributed by atoms with Crippen molar-refractivity contribution < 1.29 is 0 Å². The number of aryl methyl sites for hydroxylation is 2. The highest BCUT2D eigenvalue weighted by atomic mass is 15.2. The lowest BCUT2D eigenvalue weighted by Gasteiger charge is -2.07. The molecule has 0 aliphatic heterocycles. The summed E-state index contributed by atoms with van der Waals surface area (Å²) in [6.45, 7) is 4.17. The first-order valence-electron chi connectivity index (χ1n) is 6.67. The van der Waals surface area contributed by atoms with Gasteiger partial charge in [0.2, 0.25) is 0 Å². The third-order valence-electron chi connectivity index (χ3n) is 3.77. The van der Waals surface area contributed by atoms with E-state index in [-0.39, 0.29) is 0 Å². The molecule has 2 N–H and O–H groups in total. The highest BCUT2D eigenvalue weighted by Gasteiger charge is 2.12. The molecule has 1 aromatic carbocycles. The van der Waals surface area contributed by atoms with E-state index >= 15 is 0 Å². The van der Waals surface area contributed by atoms with Crippen molar-refractivity contribution in [3.8, 4) is 5.82 Å². The average molecular weight is 278 g/mol. The maximum Gasteiger partial charge on any atom is 0.184 e. The number of nitrogens with zero attached hydrogens (tertiary/aromatic N) is 5. The van der Waals surface area contributed by atoms with Crippen LogP contribution in [0.1, 0.15) is 11.1 Å². The summed E-state index contributed by atoms with van der Waals surface area (Å²) >= 11 is 0. The molecule has 6 nitrogen and oxygen atoms in total. The number of benzene rings is 1. The summed E-state index contributed by atoms with van der Waals surface area (Å²) < 4.78 is 3.80. The third-order valence-corrected chi connectivity index (χ3v) is 3.77.